The highest BCUT2D eigenvalue weighted by molar-refractivity contribution is 5.54. The number of carbonyl (C=O) groups excluding carboxylic acids is 1. The Kier molecular flexibility index (Phi) is 2.21. The number of rotatable bonds is 2. The number of hydrogen-bond acceptors (Lipinski definition) is 1. The summed E-state index contributed by atoms with van der Waals surface area (Å²) in [5.41, 5.74) is 2.30. The minimum atomic E-state index is 0.529. The highest BCUT2D eigenvalue weighted by atomic mass is 16.1. The first kappa shape index (κ1) is 7.00. The maximum Gasteiger partial charge on any atom is 0.124 e. The zero-order valence-electron chi connectivity index (χ0n) is 6.00. The van der Waals surface area contributed by atoms with Gasteiger partial charge in [-0.1, -0.05) is 29.8 Å². The highest BCUT2D eigenvalue weighted by Crippen LogP contribution is 2.02. The predicted molar refractivity (Wildman–Crippen MR) is 40.9 cm³/mol. The van der Waals surface area contributed by atoms with Crippen LogP contribution < -0.4 is 0 Å². The van der Waals surface area contributed by atoms with Crippen molar-refractivity contribution in [3.05, 3.63) is 35.4 Å². The molecule has 10 heavy (non-hydrogen) atoms. The second-order valence-corrected chi connectivity index (χ2v) is 2.36. The van der Waals surface area contributed by atoms with E-state index in [1.54, 1.807) is 0 Å². The van der Waals surface area contributed by atoms with Crippen molar-refractivity contribution in [1.29, 1.82) is 0 Å². The minimum Gasteiger partial charge on any atom is -0.303 e. The molecule has 1 heteroatoms. The fourth-order valence-corrected chi connectivity index (χ4v) is 0.935. The van der Waals surface area contributed by atoms with E-state index in [4.69, 9.17) is 0 Å². The molecule has 0 aliphatic heterocycles. The summed E-state index contributed by atoms with van der Waals surface area (Å²) in [5.74, 6) is 0. The SMILES string of the molecule is Cc1cccc(CC=O)c1. The molecule has 0 spiro atoms. The molecule has 1 aromatic rings. The van der Waals surface area contributed by atoms with Crippen molar-refractivity contribution in [1.82, 2.24) is 0 Å². The van der Waals surface area contributed by atoms with E-state index in [0.717, 1.165) is 11.8 Å². The lowest BCUT2D eigenvalue weighted by molar-refractivity contribution is -0.107. The van der Waals surface area contributed by atoms with Crippen molar-refractivity contribution >= 4 is 6.29 Å². The molecule has 0 saturated heterocycles. The van der Waals surface area contributed by atoms with Gasteiger partial charge in [0.15, 0.2) is 0 Å². The van der Waals surface area contributed by atoms with E-state index in [-0.39, 0.29) is 0 Å². The van der Waals surface area contributed by atoms with Crippen LogP contribution in [-0.2, 0) is 11.2 Å². The molecule has 0 heterocycles. The summed E-state index contributed by atoms with van der Waals surface area (Å²) in [6.07, 6.45) is 1.45. The molecular formula is C9H10O. The average molecular weight is 134 g/mol. The first-order chi connectivity index (χ1) is 4.83. The molecular weight excluding hydrogens is 124 g/mol. The third-order valence-corrected chi connectivity index (χ3v) is 1.40. The Morgan fingerprint density at radius 1 is 1.50 bits per heavy atom. The number of benzene rings is 1. The monoisotopic (exact) mass is 134 g/mol. The molecule has 52 valence electrons. The molecule has 1 aromatic carbocycles. The lowest BCUT2D eigenvalue weighted by Crippen LogP contribution is -1.84. The first-order valence-electron chi connectivity index (χ1n) is 3.32. The van der Waals surface area contributed by atoms with Gasteiger partial charge >= 0.3 is 0 Å². The van der Waals surface area contributed by atoms with Crippen LogP contribution in [-0.4, -0.2) is 6.29 Å². The summed E-state index contributed by atoms with van der Waals surface area (Å²) >= 11 is 0. The zero-order valence-corrected chi connectivity index (χ0v) is 6.00. The van der Waals surface area contributed by atoms with E-state index in [9.17, 15) is 4.79 Å². The molecule has 0 atom stereocenters. The van der Waals surface area contributed by atoms with Crippen LogP contribution in [0.15, 0.2) is 24.3 Å². The van der Waals surface area contributed by atoms with Crippen molar-refractivity contribution in [2.45, 2.75) is 13.3 Å². The maximum atomic E-state index is 10.1. The summed E-state index contributed by atoms with van der Waals surface area (Å²) < 4.78 is 0. The lowest BCUT2D eigenvalue weighted by atomic mass is 10.1. The molecule has 0 saturated carbocycles. The Hall–Kier alpha value is -1.11. The molecule has 0 aliphatic rings. The van der Waals surface area contributed by atoms with Gasteiger partial charge in [-0.3, -0.25) is 0 Å². The first-order valence-corrected chi connectivity index (χ1v) is 3.32. The number of hydrogen-bond donors (Lipinski definition) is 0. The predicted octanol–water partition coefficient (Wildman–Crippen LogP) is 1.74. The summed E-state index contributed by atoms with van der Waals surface area (Å²) in [4.78, 5) is 10.1. The lowest BCUT2D eigenvalue weighted by Gasteiger charge is -1.94. The van der Waals surface area contributed by atoms with Gasteiger partial charge in [0, 0.05) is 6.42 Å². The molecule has 0 amide bonds. The normalized spacial score (nSPS) is 9.30. The molecule has 1 rings (SSSR count). The van der Waals surface area contributed by atoms with Crippen molar-refractivity contribution < 1.29 is 4.79 Å². The second-order valence-electron chi connectivity index (χ2n) is 2.36. The van der Waals surface area contributed by atoms with Crippen molar-refractivity contribution in [2.24, 2.45) is 0 Å². The van der Waals surface area contributed by atoms with E-state index in [1.165, 1.54) is 5.56 Å². The van der Waals surface area contributed by atoms with Crippen LogP contribution in [0.2, 0.25) is 0 Å². The van der Waals surface area contributed by atoms with Gasteiger partial charge in [0.1, 0.15) is 6.29 Å². The maximum absolute atomic E-state index is 10.1. The Balaban J connectivity index is 2.84. The van der Waals surface area contributed by atoms with Gasteiger partial charge in [0.2, 0.25) is 0 Å². The summed E-state index contributed by atoms with van der Waals surface area (Å²) in [6.45, 7) is 2.02. The van der Waals surface area contributed by atoms with Crippen LogP contribution in [0.1, 0.15) is 11.1 Å². The minimum absolute atomic E-state index is 0.529. The Labute approximate surface area is 60.7 Å². The average Bonchev–Trinajstić information content (AvgIpc) is 1.88. The standard InChI is InChI=1S/C9H10O/c1-8-3-2-4-9(7-8)5-6-10/h2-4,6-7H,5H2,1H3. The quantitative estimate of drug-likeness (QED) is 0.563. The highest BCUT2D eigenvalue weighted by Gasteiger charge is 1.89. The van der Waals surface area contributed by atoms with E-state index >= 15 is 0 Å². The van der Waals surface area contributed by atoms with Gasteiger partial charge < -0.3 is 4.79 Å². The molecule has 0 N–H and O–H groups in total. The molecule has 0 radical (unpaired) electrons. The van der Waals surface area contributed by atoms with Gasteiger partial charge in [-0.25, -0.2) is 0 Å². The van der Waals surface area contributed by atoms with Gasteiger partial charge in [-0.05, 0) is 12.5 Å². The molecule has 1 nitrogen and oxygen atoms in total. The third kappa shape index (κ3) is 1.69. The molecule has 0 aromatic heterocycles. The van der Waals surface area contributed by atoms with Gasteiger partial charge in [0.25, 0.3) is 0 Å². The van der Waals surface area contributed by atoms with E-state index in [2.05, 4.69) is 0 Å². The van der Waals surface area contributed by atoms with Crippen molar-refractivity contribution in [3.63, 3.8) is 0 Å². The van der Waals surface area contributed by atoms with Crippen LogP contribution in [0.25, 0.3) is 0 Å². The van der Waals surface area contributed by atoms with Gasteiger partial charge in [-0.15, -0.1) is 0 Å². The van der Waals surface area contributed by atoms with Crippen LogP contribution in [0.3, 0.4) is 0 Å². The third-order valence-electron chi connectivity index (χ3n) is 1.40. The van der Waals surface area contributed by atoms with Crippen LogP contribution >= 0.6 is 0 Å². The van der Waals surface area contributed by atoms with Crippen molar-refractivity contribution in [2.75, 3.05) is 0 Å². The summed E-state index contributed by atoms with van der Waals surface area (Å²) in [6, 6.07) is 7.97. The Morgan fingerprint density at radius 2 is 2.30 bits per heavy atom. The molecule has 0 bridgehead atoms. The Morgan fingerprint density at radius 3 is 2.90 bits per heavy atom. The fraction of sp³-hybridized carbons (Fsp3) is 0.222. The summed E-state index contributed by atoms with van der Waals surface area (Å²) in [7, 11) is 0. The Bertz CT molecular complexity index is 228. The van der Waals surface area contributed by atoms with Crippen LogP contribution in [0.4, 0.5) is 0 Å². The van der Waals surface area contributed by atoms with Crippen LogP contribution in [0.5, 0.6) is 0 Å². The van der Waals surface area contributed by atoms with Crippen molar-refractivity contribution in [3.8, 4) is 0 Å². The van der Waals surface area contributed by atoms with E-state index < -0.39 is 0 Å². The topological polar surface area (TPSA) is 17.1 Å². The van der Waals surface area contributed by atoms with E-state index in [0.29, 0.717) is 6.42 Å². The fourth-order valence-electron chi connectivity index (χ4n) is 0.935. The number of aryl methyl sites for hydroxylation is 1. The number of aldehydes is 1. The van der Waals surface area contributed by atoms with Gasteiger partial charge in [0.05, 0.1) is 0 Å². The number of carbonyl (C=O) groups is 1. The molecule has 0 fully saturated rings. The zero-order chi connectivity index (χ0) is 7.40. The smallest absolute Gasteiger partial charge is 0.124 e. The largest absolute Gasteiger partial charge is 0.303 e. The second kappa shape index (κ2) is 3.16. The molecule has 0 aliphatic carbocycles. The molecule has 0 unspecified atom stereocenters. The summed E-state index contributed by atoms with van der Waals surface area (Å²) in [5, 5.41) is 0. The van der Waals surface area contributed by atoms with Gasteiger partial charge in [-0.2, -0.15) is 0 Å². The van der Waals surface area contributed by atoms with E-state index in [1.807, 2.05) is 31.2 Å². The van der Waals surface area contributed by atoms with Crippen LogP contribution in [0, 0.1) is 6.92 Å².